The van der Waals surface area contributed by atoms with E-state index >= 15 is 8.78 Å². The fraction of sp³-hybridized carbons (Fsp3) is 0.520. The maximum atomic E-state index is 17.2. The number of nitrogens with one attached hydrogen (secondary N) is 3. The second-order valence-corrected chi connectivity index (χ2v) is 20.1. The van der Waals surface area contributed by atoms with E-state index in [-0.39, 0.29) is 40.1 Å². The van der Waals surface area contributed by atoms with E-state index in [2.05, 4.69) is 53.1 Å². The van der Waals surface area contributed by atoms with E-state index in [1.165, 1.54) is 14.2 Å². The summed E-state index contributed by atoms with van der Waals surface area (Å²) in [7, 11) is 2.65. The van der Waals surface area contributed by atoms with Gasteiger partial charge in [-0.15, -0.1) is 0 Å². The van der Waals surface area contributed by atoms with Gasteiger partial charge in [-0.05, 0) is 85.6 Å². The van der Waals surface area contributed by atoms with Crippen LogP contribution < -0.4 is 10.2 Å². The van der Waals surface area contributed by atoms with Gasteiger partial charge in [-0.2, -0.15) is 0 Å². The van der Waals surface area contributed by atoms with Crippen molar-refractivity contribution >= 4 is 51.8 Å². The highest BCUT2D eigenvalue weighted by Gasteiger charge is 2.43. The van der Waals surface area contributed by atoms with Crippen LogP contribution in [0.5, 0.6) is 0 Å². The number of aromatic nitrogens is 4. The van der Waals surface area contributed by atoms with Crippen molar-refractivity contribution in [1.29, 1.82) is 0 Å². The summed E-state index contributed by atoms with van der Waals surface area (Å²) in [5.41, 5.74) is 3.87. The largest absolute Gasteiger partial charge is 0.465 e. The minimum atomic E-state index is -1.19. The average Bonchev–Trinajstić information content (AvgIpc) is 4.14. The number of rotatable bonds is 11. The number of methoxy groups -OCH3 is 1. The van der Waals surface area contributed by atoms with Crippen molar-refractivity contribution in [2.45, 2.75) is 129 Å². The number of nitrogens with zero attached hydrogens (tertiary/aromatic N) is 6. The lowest BCUT2D eigenvalue weighted by Crippen LogP contribution is -2.51. The molecule has 358 valence electrons. The summed E-state index contributed by atoms with van der Waals surface area (Å²) in [5, 5.41) is 12.4. The molecule has 4 N–H and O–H groups in total. The first-order valence-corrected chi connectivity index (χ1v) is 23.5. The number of anilines is 1. The third-order valence-electron chi connectivity index (χ3n) is 14.1. The normalized spacial score (nSPS) is 20.9. The molecule has 8 rings (SSSR count). The standard InChI is InChI=1S/C50H63F2N9O6/c1-26(2)40(57-48(64)67-9)46(62)59-24-10-12-36(59)44-53-32-20-18-30(38(51)41(32)55-44)34-22-23-35(61(34)29-16-14-28(15-17-29)50(5,6)7)31-19-21-33-42(39(31)52)56-45(54-33)37-13-11-25-60(37)47(63)43(27(3)4)58(8)49(65)66/h14-21,26-27,34-37,40,43H,10-13,22-25H2,1-9H3,(H,53,55)(H,54,56)(H,57,64)(H,65,66)/t34-,35-,36+,37+,40+,43+/m1/s1. The molecule has 0 bridgehead atoms. The summed E-state index contributed by atoms with van der Waals surface area (Å²) < 4.78 is 39.3. The zero-order valence-corrected chi connectivity index (χ0v) is 39.8. The fourth-order valence-corrected chi connectivity index (χ4v) is 10.6. The first-order valence-electron chi connectivity index (χ1n) is 23.5. The highest BCUT2D eigenvalue weighted by atomic mass is 19.1. The van der Waals surface area contributed by atoms with Crippen molar-refractivity contribution in [2.24, 2.45) is 11.8 Å². The van der Waals surface area contributed by atoms with Gasteiger partial charge < -0.3 is 39.8 Å². The molecule has 0 spiro atoms. The number of imidazole rings is 2. The molecule has 15 nitrogen and oxygen atoms in total. The van der Waals surface area contributed by atoms with Gasteiger partial charge in [-0.1, -0.05) is 72.7 Å². The number of benzene rings is 3. The molecule has 6 atom stereocenters. The summed E-state index contributed by atoms with van der Waals surface area (Å²) >= 11 is 0. The van der Waals surface area contributed by atoms with Crippen LogP contribution in [0.1, 0.15) is 139 Å². The Morgan fingerprint density at radius 1 is 0.746 bits per heavy atom. The van der Waals surface area contributed by atoms with Crippen LogP contribution in [0.15, 0.2) is 48.5 Å². The van der Waals surface area contributed by atoms with Crippen LogP contribution in [0.25, 0.3) is 22.1 Å². The minimum Gasteiger partial charge on any atom is -0.465 e. The Labute approximate surface area is 389 Å². The van der Waals surface area contributed by atoms with E-state index in [1.54, 1.807) is 28.0 Å². The summed E-state index contributed by atoms with van der Waals surface area (Å²) in [6.07, 6.45) is 1.71. The molecule has 3 aliphatic heterocycles. The van der Waals surface area contributed by atoms with Crippen LogP contribution in [-0.4, -0.2) is 103 Å². The van der Waals surface area contributed by atoms with Crippen molar-refractivity contribution in [3.63, 3.8) is 0 Å². The lowest BCUT2D eigenvalue weighted by Gasteiger charge is -2.34. The maximum Gasteiger partial charge on any atom is 0.407 e. The molecule has 0 unspecified atom stereocenters. The number of likely N-dealkylation sites (tertiary alicyclic amines) is 2. The van der Waals surface area contributed by atoms with Crippen molar-refractivity contribution in [1.82, 2.24) is 40.0 Å². The number of fused-ring (bicyclic) bond motifs is 2. The summed E-state index contributed by atoms with van der Waals surface area (Å²) in [4.78, 5) is 74.6. The molecule has 3 aliphatic rings. The molecule has 5 aromatic rings. The van der Waals surface area contributed by atoms with Crippen LogP contribution in [-0.2, 0) is 19.7 Å². The van der Waals surface area contributed by atoms with E-state index < -0.39 is 60.1 Å². The minimum absolute atomic E-state index is 0.125. The summed E-state index contributed by atoms with van der Waals surface area (Å²) in [6, 6.07) is 11.6. The highest BCUT2D eigenvalue weighted by Crippen LogP contribution is 2.49. The van der Waals surface area contributed by atoms with E-state index in [0.717, 1.165) is 16.2 Å². The van der Waals surface area contributed by atoms with Gasteiger partial charge in [0.15, 0.2) is 11.6 Å². The molecule has 4 amide bonds. The van der Waals surface area contributed by atoms with E-state index in [1.807, 2.05) is 45.9 Å². The first-order chi connectivity index (χ1) is 31.8. The molecular formula is C50H63F2N9O6. The number of alkyl carbamates (subject to hydrolysis) is 1. The molecule has 67 heavy (non-hydrogen) atoms. The number of halogens is 2. The predicted octanol–water partition coefficient (Wildman–Crippen LogP) is 9.44. The Morgan fingerprint density at radius 3 is 1.67 bits per heavy atom. The quantitative estimate of drug-likeness (QED) is 0.100. The maximum absolute atomic E-state index is 17.2. The van der Waals surface area contributed by atoms with Gasteiger partial charge in [0.05, 0.1) is 42.3 Å². The molecule has 3 saturated heterocycles. The lowest BCUT2D eigenvalue weighted by molar-refractivity contribution is -0.138. The number of likely N-dealkylation sites (N-methyl/N-ethyl adjacent to an activating group) is 1. The van der Waals surface area contributed by atoms with Crippen LogP contribution in [0.3, 0.4) is 0 Å². The van der Waals surface area contributed by atoms with Gasteiger partial charge in [0.2, 0.25) is 11.8 Å². The van der Waals surface area contributed by atoms with Gasteiger partial charge in [-0.25, -0.2) is 28.3 Å². The Morgan fingerprint density at radius 2 is 1.24 bits per heavy atom. The molecule has 3 aromatic carbocycles. The van der Waals surface area contributed by atoms with E-state index in [0.29, 0.717) is 85.4 Å². The SMILES string of the molecule is COC(=O)N[C@H](C(=O)N1CCC[C@H]1c1nc2c(F)c([C@H]3CC[C@H](c4ccc5[nH]c([C@@H]6CCCN6C(=O)[C@H](C(C)C)N(C)C(=O)O)nc5c4F)N3c3ccc(C(C)(C)C)cc3)ccc2[nH]1)C(C)C. The summed E-state index contributed by atoms with van der Waals surface area (Å²) in [6.45, 7) is 14.6. The third kappa shape index (κ3) is 8.77. The first kappa shape index (κ1) is 47.2. The molecule has 17 heteroatoms. The number of H-pyrrole nitrogens is 2. The molecule has 0 aliphatic carbocycles. The summed E-state index contributed by atoms with van der Waals surface area (Å²) in [5.74, 6) is -1.17. The molecule has 0 saturated carbocycles. The Kier molecular flexibility index (Phi) is 13.0. The Hall–Kier alpha value is -6.26. The number of amides is 4. The second kappa shape index (κ2) is 18.4. The number of hydrogen-bond acceptors (Lipinski definition) is 8. The van der Waals surface area contributed by atoms with Crippen LogP contribution in [0, 0.1) is 23.5 Å². The lowest BCUT2D eigenvalue weighted by atomic mass is 9.87. The van der Waals surface area contributed by atoms with E-state index in [9.17, 15) is 24.3 Å². The monoisotopic (exact) mass is 923 g/mol. The van der Waals surface area contributed by atoms with Crippen LogP contribution >= 0.6 is 0 Å². The zero-order chi connectivity index (χ0) is 48.2. The number of ether oxygens (including phenoxy) is 1. The average molecular weight is 924 g/mol. The zero-order valence-electron chi connectivity index (χ0n) is 39.8. The number of aromatic amines is 2. The Balaban J connectivity index is 1.13. The van der Waals surface area contributed by atoms with Gasteiger partial charge in [0.1, 0.15) is 34.8 Å². The van der Waals surface area contributed by atoms with Crippen LogP contribution in [0.4, 0.5) is 24.1 Å². The van der Waals surface area contributed by atoms with Crippen LogP contribution in [0.2, 0.25) is 0 Å². The smallest absolute Gasteiger partial charge is 0.407 e. The van der Waals surface area contributed by atoms with Crippen molar-refractivity contribution in [3.05, 3.63) is 88.5 Å². The number of carbonyl (C=O) groups excluding carboxylic acids is 3. The Bertz CT molecular complexity index is 2680. The molecule has 0 radical (unpaired) electrons. The second-order valence-electron chi connectivity index (χ2n) is 20.1. The third-order valence-corrected chi connectivity index (χ3v) is 14.1. The molecular weight excluding hydrogens is 861 g/mol. The van der Waals surface area contributed by atoms with Gasteiger partial charge in [0.25, 0.3) is 0 Å². The van der Waals surface area contributed by atoms with Crippen molar-refractivity contribution < 1.29 is 37.8 Å². The van der Waals surface area contributed by atoms with Crippen molar-refractivity contribution in [2.75, 3.05) is 32.1 Å². The van der Waals surface area contributed by atoms with Gasteiger partial charge >= 0.3 is 12.2 Å². The van der Waals surface area contributed by atoms with Gasteiger partial charge in [0, 0.05) is 37.0 Å². The predicted molar refractivity (Wildman–Crippen MR) is 250 cm³/mol. The molecule has 2 aromatic heterocycles. The number of carbonyl (C=O) groups is 4. The topological polar surface area (TPSA) is 180 Å². The number of carboxylic acid groups (broad SMARTS) is 1. The number of hydrogen-bond donors (Lipinski definition) is 4. The molecule has 5 heterocycles. The van der Waals surface area contributed by atoms with E-state index in [4.69, 9.17) is 14.7 Å². The molecule has 3 fully saturated rings. The van der Waals surface area contributed by atoms with Gasteiger partial charge in [-0.3, -0.25) is 14.5 Å². The van der Waals surface area contributed by atoms with Crippen molar-refractivity contribution in [3.8, 4) is 0 Å². The highest BCUT2D eigenvalue weighted by molar-refractivity contribution is 5.87. The fourth-order valence-electron chi connectivity index (χ4n) is 10.6.